The highest BCUT2D eigenvalue weighted by molar-refractivity contribution is 7.15. The number of aromatic nitrogens is 4. The summed E-state index contributed by atoms with van der Waals surface area (Å²) < 4.78 is 8.64. The van der Waals surface area contributed by atoms with Gasteiger partial charge in [0, 0.05) is 16.8 Å². The number of fused-ring (bicyclic) bond motifs is 1. The number of amides is 1. The van der Waals surface area contributed by atoms with Crippen molar-refractivity contribution >= 4 is 22.2 Å². The number of furan rings is 1. The second kappa shape index (κ2) is 8.99. The molecule has 178 valence electrons. The van der Waals surface area contributed by atoms with Crippen molar-refractivity contribution in [3.63, 3.8) is 0 Å². The first-order valence-electron chi connectivity index (χ1n) is 11.3. The number of carbonyl (C=O) groups excluding carboxylic acids is 1. The Hall–Kier alpha value is -3.98. The van der Waals surface area contributed by atoms with Crippen molar-refractivity contribution < 1.29 is 9.21 Å². The number of hydrogen-bond donors (Lipinski definition) is 1. The number of carbonyl (C=O) groups is 1. The van der Waals surface area contributed by atoms with E-state index in [1.807, 2.05) is 36.7 Å². The van der Waals surface area contributed by atoms with Crippen LogP contribution in [0, 0.1) is 27.7 Å². The minimum atomic E-state index is -0.229. The normalized spacial score (nSPS) is 11.3. The minimum absolute atomic E-state index is 0.0563. The second-order valence-corrected chi connectivity index (χ2v) is 9.39. The van der Waals surface area contributed by atoms with Crippen molar-refractivity contribution in [3.05, 3.63) is 92.4 Å². The highest BCUT2D eigenvalue weighted by Crippen LogP contribution is 2.25. The summed E-state index contributed by atoms with van der Waals surface area (Å²) >= 11 is 1.34. The zero-order valence-corrected chi connectivity index (χ0v) is 20.8. The van der Waals surface area contributed by atoms with Crippen molar-refractivity contribution in [1.82, 2.24) is 24.5 Å². The summed E-state index contributed by atoms with van der Waals surface area (Å²) in [5, 5.41) is 9.42. The first kappa shape index (κ1) is 22.8. The molecule has 1 amide bonds. The van der Waals surface area contributed by atoms with Crippen LogP contribution in [-0.4, -0.2) is 25.1 Å². The van der Waals surface area contributed by atoms with E-state index in [0.717, 1.165) is 16.9 Å². The van der Waals surface area contributed by atoms with Crippen LogP contribution in [0.15, 0.2) is 57.3 Å². The average molecular weight is 488 g/mol. The SMILES string of the molecule is Cc1cccc(-n2nc(-c3c(C)nc4scc(CC(=O)NCc5ccco5)n4c3=O)cc2C)c1C. The fourth-order valence-electron chi connectivity index (χ4n) is 4.16. The molecule has 0 aliphatic heterocycles. The average Bonchev–Trinajstić information content (AvgIpc) is 3.55. The third-order valence-electron chi connectivity index (χ3n) is 6.15. The minimum Gasteiger partial charge on any atom is -0.467 e. The van der Waals surface area contributed by atoms with Crippen LogP contribution < -0.4 is 10.9 Å². The Kier molecular flexibility index (Phi) is 5.86. The maximum absolute atomic E-state index is 13.7. The van der Waals surface area contributed by atoms with Crippen LogP contribution in [0.25, 0.3) is 21.9 Å². The number of thiazole rings is 1. The molecule has 0 aliphatic carbocycles. The lowest BCUT2D eigenvalue weighted by molar-refractivity contribution is -0.120. The van der Waals surface area contributed by atoms with Crippen LogP contribution >= 0.6 is 11.3 Å². The number of nitrogens with one attached hydrogen (secondary N) is 1. The van der Waals surface area contributed by atoms with E-state index in [2.05, 4.69) is 30.2 Å². The molecule has 4 heterocycles. The first-order chi connectivity index (χ1) is 16.8. The molecule has 35 heavy (non-hydrogen) atoms. The van der Waals surface area contributed by atoms with Gasteiger partial charge in [0.1, 0.15) is 11.5 Å². The summed E-state index contributed by atoms with van der Waals surface area (Å²) in [7, 11) is 0. The molecule has 4 aromatic heterocycles. The summed E-state index contributed by atoms with van der Waals surface area (Å²) in [6.45, 7) is 8.21. The Morgan fingerprint density at radius 1 is 1.14 bits per heavy atom. The highest BCUT2D eigenvalue weighted by Gasteiger charge is 2.20. The van der Waals surface area contributed by atoms with Crippen LogP contribution in [0.1, 0.15) is 34.0 Å². The molecule has 5 aromatic rings. The van der Waals surface area contributed by atoms with Gasteiger partial charge < -0.3 is 9.73 Å². The fraction of sp³-hybridized carbons (Fsp3) is 0.231. The van der Waals surface area contributed by atoms with Gasteiger partial charge in [-0.15, -0.1) is 11.3 Å². The van der Waals surface area contributed by atoms with Gasteiger partial charge in [-0.1, -0.05) is 12.1 Å². The van der Waals surface area contributed by atoms with Gasteiger partial charge in [-0.05, 0) is 63.1 Å². The molecular weight excluding hydrogens is 462 g/mol. The zero-order valence-electron chi connectivity index (χ0n) is 20.0. The fourth-order valence-corrected chi connectivity index (χ4v) is 5.08. The molecule has 5 rings (SSSR count). The maximum atomic E-state index is 13.7. The van der Waals surface area contributed by atoms with Gasteiger partial charge in [0.2, 0.25) is 5.91 Å². The molecule has 0 fully saturated rings. The molecule has 0 spiro atoms. The number of aryl methyl sites for hydroxylation is 3. The van der Waals surface area contributed by atoms with Crippen molar-refractivity contribution in [2.75, 3.05) is 0 Å². The third kappa shape index (κ3) is 4.19. The molecule has 0 saturated heterocycles. The Morgan fingerprint density at radius 3 is 2.74 bits per heavy atom. The van der Waals surface area contributed by atoms with Crippen LogP contribution in [0.4, 0.5) is 0 Å². The van der Waals surface area contributed by atoms with Crippen molar-refractivity contribution in [1.29, 1.82) is 0 Å². The maximum Gasteiger partial charge on any atom is 0.268 e. The lowest BCUT2D eigenvalue weighted by Gasteiger charge is -2.10. The number of benzene rings is 1. The lowest BCUT2D eigenvalue weighted by Crippen LogP contribution is -2.27. The Morgan fingerprint density at radius 2 is 1.97 bits per heavy atom. The summed E-state index contributed by atoms with van der Waals surface area (Å²) in [6, 6.07) is 11.6. The third-order valence-corrected chi connectivity index (χ3v) is 7.02. The van der Waals surface area contributed by atoms with E-state index in [4.69, 9.17) is 9.52 Å². The Bertz CT molecular complexity index is 1610. The van der Waals surface area contributed by atoms with Gasteiger partial charge in [0.25, 0.3) is 5.56 Å². The van der Waals surface area contributed by atoms with Gasteiger partial charge in [0.15, 0.2) is 4.96 Å². The molecule has 0 aliphatic rings. The molecular formula is C26H25N5O3S. The molecule has 1 aromatic carbocycles. The molecule has 0 saturated carbocycles. The quantitative estimate of drug-likeness (QED) is 0.386. The van der Waals surface area contributed by atoms with Gasteiger partial charge in [-0.2, -0.15) is 5.10 Å². The van der Waals surface area contributed by atoms with E-state index in [1.54, 1.807) is 23.8 Å². The first-order valence-corrected chi connectivity index (χ1v) is 12.1. The highest BCUT2D eigenvalue weighted by atomic mass is 32.1. The molecule has 0 radical (unpaired) electrons. The van der Waals surface area contributed by atoms with Crippen LogP contribution in [0.3, 0.4) is 0 Å². The molecule has 1 N–H and O–H groups in total. The molecule has 8 nitrogen and oxygen atoms in total. The Balaban J connectivity index is 1.52. The van der Waals surface area contributed by atoms with Crippen LogP contribution in [-0.2, 0) is 17.8 Å². The topological polar surface area (TPSA) is 94.4 Å². The van der Waals surface area contributed by atoms with E-state index >= 15 is 0 Å². The van der Waals surface area contributed by atoms with E-state index in [0.29, 0.717) is 39.9 Å². The smallest absolute Gasteiger partial charge is 0.268 e. The Labute approximate surface area is 205 Å². The van der Waals surface area contributed by atoms with E-state index < -0.39 is 0 Å². The van der Waals surface area contributed by atoms with Crippen molar-refractivity contribution in [3.8, 4) is 16.9 Å². The standard InChI is InChI=1S/C26H25N5O3S/c1-15-7-5-9-22(17(15)3)31-16(2)11-21(29-31)24-18(4)28-26-30(25(24)33)19(14-35-26)12-23(32)27-13-20-8-6-10-34-20/h5-11,14H,12-13H2,1-4H3,(H,27,32). The number of hydrogen-bond acceptors (Lipinski definition) is 6. The number of rotatable bonds is 6. The summed E-state index contributed by atoms with van der Waals surface area (Å²) in [4.78, 5) is 31.4. The van der Waals surface area contributed by atoms with Crippen molar-refractivity contribution in [2.45, 2.75) is 40.7 Å². The monoisotopic (exact) mass is 487 g/mol. The predicted molar refractivity (Wildman–Crippen MR) is 135 cm³/mol. The van der Waals surface area contributed by atoms with Crippen molar-refractivity contribution in [2.24, 2.45) is 0 Å². The van der Waals surface area contributed by atoms with Crippen LogP contribution in [0.2, 0.25) is 0 Å². The largest absolute Gasteiger partial charge is 0.467 e. The number of nitrogens with zero attached hydrogens (tertiary/aromatic N) is 4. The summed E-state index contributed by atoms with van der Waals surface area (Å²) in [6.07, 6.45) is 1.62. The second-order valence-electron chi connectivity index (χ2n) is 8.56. The van der Waals surface area contributed by atoms with E-state index in [9.17, 15) is 9.59 Å². The predicted octanol–water partition coefficient (Wildman–Crippen LogP) is 4.29. The van der Waals surface area contributed by atoms with Gasteiger partial charge in [-0.25, -0.2) is 9.67 Å². The summed E-state index contributed by atoms with van der Waals surface area (Å²) in [5.74, 6) is 0.463. The lowest BCUT2D eigenvalue weighted by atomic mass is 10.1. The molecule has 9 heteroatoms. The molecule has 0 bridgehead atoms. The van der Waals surface area contributed by atoms with Gasteiger partial charge in [-0.3, -0.25) is 14.0 Å². The van der Waals surface area contributed by atoms with Gasteiger partial charge >= 0.3 is 0 Å². The van der Waals surface area contributed by atoms with E-state index in [-0.39, 0.29) is 17.9 Å². The molecule has 0 unspecified atom stereocenters. The summed E-state index contributed by atoms with van der Waals surface area (Å²) in [5.41, 5.74) is 6.17. The molecule has 0 atom stereocenters. The van der Waals surface area contributed by atoms with Crippen LogP contribution in [0.5, 0.6) is 0 Å². The van der Waals surface area contributed by atoms with E-state index in [1.165, 1.54) is 21.3 Å². The zero-order chi connectivity index (χ0) is 24.7. The van der Waals surface area contributed by atoms with Gasteiger partial charge in [0.05, 0.1) is 36.2 Å².